The minimum Gasteiger partial charge on any atom is -0.481 e. The summed E-state index contributed by atoms with van der Waals surface area (Å²) < 4.78 is 0. The molecule has 0 saturated heterocycles. The fraction of sp³-hybridized carbons (Fsp3) is 0.750. The number of rotatable bonds is 8. The van der Waals surface area contributed by atoms with E-state index in [0.29, 0.717) is 6.54 Å². The lowest BCUT2D eigenvalue weighted by molar-refractivity contribution is -0.141. The lowest BCUT2D eigenvalue weighted by atomic mass is 10.0. The van der Waals surface area contributed by atoms with Crippen molar-refractivity contribution >= 4 is 17.9 Å². The summed E-state index contributed by atoms with van der Waals surface area (Å²) in [4.78, 5) is 35.0. The molecule has 0 bridgehead atoms. The van der Waals surface area contributed by atoms with Gasteiger partial charge in [-0.25, -0.2) is 4.79 Å². The minimum atomic E-state index is -0.984. The second-order valence-corrected chi connectivity index (χ2v) is 4.61. The second-order valence-electron chi connectivity index (χ2n) is 4.61. The zero-order chi connectivity index (χ0) is 15.0. The van der Waals surface area contributed by atoms with Gasteiger partial charge in [-0.15, -0.1) is 0 Å². The van der Waals surface area contributed by atoms with Crippen LogP contribution in [0.25, 0.3) is 0 Å². The van der Waals surface area contributed by atoms with Crippen molar-refractivity contribution in [2.24, 2.45) is 11.7 Å². The molecule has 0 spiro atoms. The zero-order valence-corrected chi connectivity index (χ0v) is 11.7. The van der Waals surface area contributed by atoms with Crippen LogP contribution in [0.3, 0.4) is 0 Å². The standard InChI is InChI=1S/C12H23N3O4/c1-4-5-6-15(7-10(13)16)12(19)14-9(3)8(2)11(17)18/h8-9H,4-7H2,1-3H3,(H2,13,16)(H,14,19)(H,17,18). The van der Waals surface area contributed by atoms with Crippen LogP contribution in [0.1, 0.15) is 33.6 Å². The minimum absolute atomic E-state index is 0.167. The first-order valence-electron chi connectivity index (χ1n) is 6.36. The maximum absolute atomic E-state index is 11.9. The summed E-state index contributed by atoms with van der Waals surface area (Å²) in [6.07, 6.45) is 1.63. The van der Waals surface area contributed by atoms with Crippen molar-refractivity contribution < 1.29 is 19.5 Å². The highest BCUT2D eigenvalue weighted by Gasteiger charge is 2.23. The van der Waals surface area contributed by atoms with Gasteiger partial charge in [-0.1, -0.05) is 13.3 Å². The first-order chi connectivity index (χ1) is 8.79. The maximum atomic E-state index is 11.9. The van der Waals surface area contributed by atoms with Gasteiger partial charge in [-0.3, -0.25) is 9.59 Å². The van der Waals surface area contributed by atoms with Crippen LogP contribution in [0.5, 0.6) is 0 Å². The van der Waals surface area contributed by atoms with Gasteiger partial charge in [-0.05, 0) is 20.3 Å². The van der Waals surface area contributed by atoms with Gasteiger partial charge in [0.2, 0.25) is 5.91 Å². The van der Waals surface area contributed by atoms with Crippen LogP contribution in [-0.4, -0.2) is 47.0 Å². The van der Waals surface area contributed by atoms with Gasteiger partial charge in [0, 0.05) is 12.6 Å². The Morgan fingerprint density at radius 3 is 2.32 bits per heavy atom. The Kier molecular flexibility index (Phi) is 7.55. The molecule has 0 aliphatic rings. The average Bonchev–Trinajstić information content (AvgIpc) is 2.32. The quantitative estimate of drug-likeness (QED) is 0.593. The monoisotopic (exact) mass is 273 g/mol. The SMILES string of the molecule is CCCCN(CC(N)=O)C(=O)NC(C)C(C)C(=O)O. The van der Waals surface area contributed by atoms with Gasteiger partial charge in [0.1, 0.15) is 6.54 Å². The van der Waals surface area contributed by atoms with Crippen molar-refractivity contribution in [2.75, 3.05) is 13.1 Å². The van der Waals surface area contributed by atoms with Crippen molar-refractivity contribution in [1.29, 1.82) is 0 Å². The summed E-state index contributed by atoms with van der Waals surface area (Å²) in [5.74, 6) is -2.28. The second kappa shape index (κ2) is 8.34. The van der Waals surface area contributed by atoms with Crippen molar-refractivity contribution in [3.63, 3.8) is 0 Å². The molecule has 0 fully saturated rings. The Morgan fingerprint density at radius 2 is 1.89 bits per heavy atom. The lowest BCUT2D eigenvalue weighted by Gasteiger charge is -2.25. The van der Waals surface area contributed by atoms with Crippen LogP contribution in [0.15, 0.2) is 0 Å². The number of amides is 3. The number of nitrogens with one attached hydrogen (secondary N) is 1. The average molecular weight is 273 g/mol. The molecule has 0 saturated carbocycles. The Bertz CT molecular complexity index is 333. The first kappa shape index (κ1) is 17.2. The van der Waals surface area contributed by atoms with Crippen molar-refractivity contribution in [3.05, 3.63) is 0 Å². The van der Waals surface area contributed by atoms with Gasteiger partial charge in [-0.2, -0.15) is 0 Å². The van der Waals surface area contributed by atoms with E-state index in [9.17, 15) is 14.4 Å². The molecular weight excluding hydrogens is 250 g/mol. The number of hydrogen-bond donors (Lipinski definition) is 3. The Balaban J connectivity index is 4.53. The summed E-state index contributed by atoms with van der Waals surface area (Å²) in [6, 6.07) is -0.991. The van der Waals surface area contributed by atoms with E-state index in [2.05, 4.69) is 5.32 Å². The van der Waals surface area contributed by atoms with E-state index in [1.807, 2.05) is 6.92 Å². The van der Waals surface area contributed by atoms with E-state index in [1.54, 1.807) is 6.92 Å². The molecule has 3 amide bonds. The highest BCUT2D eigenvalue weighted by molar-refractivity contribution is 5.83. The molecule has 7 heteroatoms. The third-order valence-corrected chi connectivity index (χ3v) is 2.91. The van der Waals surface area contributed by atoms with Crippen molar-refractivity contribution in [1.82, 2.24) is 10.2 Å². The molecule has 0 aromatic carbocycles. The van der Waals surface area contributed by atoms with Crippen molar-refractivity contribution in [2.45, 2.75) is 39.7 Å². The Labute approximate surface area is 113 Å². The fourth-order valence-corrected chi connectivity index (χ4v) is 1.41. The summed E-state index contributed by atoms with van der Waals surface area (Å²) >= 11 is 0. The van der Waals surface area contributed by atoms with E-state index in [4.69, 9.17) is 10.8 Å². The third kappa shape index (κ3) is 6.64. The number of carboxylic acid groups (broad SMARTS) is 1. The van der Waals surface area contributed by atoms with Gasteiger partial charge >= 0.3 is 12.0 Å². The molecule has 0 heterocycles. The first-order valence-corrected chi connectivity index (χ1v) is 6.36. The molecule has 4 N–H and O–H groups in total. The third-order valence-electron chi connectivity index (χ3n) is 2.91. The number of carbonyl (C=O) groups is 3. The normalized spacial score (nSPS) is 13.4. The molecule has 0 aliphatic heterocycles. The van der Waals surface area contributed by atoms with Gasteiger partial charge in [0.15, 0.2) is 0 Å². The highest BCUT2D eigenvalue weighted by Crippen LogP contribution is 2.04. The number of nitrogens with two attached hydrogens (primary N) is 1. The van der Waals surface area contributed by atoms with Gasteiger partial charge < -0.3 is 21.1 Å². The van der Waals surface area contributed by atoms with Crippen LogP contribution in [0.2, 0.25) is 0 Å². The number of carbonyl (C=O) groups excluding carboxylic acids is 2. The molecule has 0 aromatic heterocycles. The summed E-state index contributed by atoms with van der Waals surface area (Å²) in [5, 5.41) is 11.4. The maximum Gasteiger partial charge on any atom is 0.318 e. The van der Waals surface area contributed by atoms with E-state index >= 15 is 0 Å². The molecule has 0 radical (unpaired) electrons. The molecule has 0 aliphatic carbocycles. The summed E-state index contributed by atoms with van der Waals surface area (Å²) in [5.41, 5.74) is 5.09. The largest absolute Gasteiger partial charge is 0.481 e. The molecule has 2 unspecified atom stereocenters. The molecule has 7 nitrogen and oxygen atoms in total. The van der Waals surface area contributed by atoms with Crippen molar-refractivity contribution in [3.8, 4) is 0 Å². The predicted molar refractivity (Wildman–Crippen MR) is 70.5 cm³/mol. The Hall–Kier alpha value is -1.79. The summed E-state index contributed by atoms with van der Waals surface area (Å²) in [7, 11) is 0. The van der Waals surface area contributed by atoms with Crippen LogP contribution >= 0.6 is 0 Å². The number of carboxylic acids is 1. The highest BCUT2D eigenvalue weighted by atomic mass is 16.4. The fourth-order valence-electron chi connectivity index (χ4n) is 1.41. The molecule has 2 atom stereocenters. The number of unbranched alkanes of at least 4 members (excludes halogenated alkanes) is 1. The van der Waals surface area contributed by atoms with E-state index < -0.39 is 29.9 Å². The lowest BCUT2D eigenvalue weighted by Crippen LogP contribution is -2.49. The van der Waals surface area contributed by atoms with Crippen LogP contribution < -0.4 is 11.1 Å². The number of aliphatic carboxylic acids is 1. The van der Waals surface area contributed by atoms with E-state index in [-0.39, 0.29) is 6.54 Å². The Morgan fingerprint density at radius 1 is 1.32 bits per heavy atom. The predicted octanol–water partition coefficient (Wildman–Crippen LogP) is 0.393. The number of hydrogen-bond acceptors (Lipinski definition) is 3. The number of urea groups is 1. The number of primary amides is 1. The van der Waals surface area contributed by atoms with E-state index in [1.165, 1.54) is 11.8 Å². The smallest absolute Gasteiger partial charge is 0.318 e. The van der Waals surface area contributed by atoms with Gasteiger partial charge in [0.25, 0.3) is 0 Å². The molecule has 110 valence electrons. The molecule has 19 heavy (non-hydrogen) atoms. The zero-order valence-electron chi connectivity index (χ0n) is 11.7. The topological polar surface area (TPSA) is 113 Å². The van der Waals surface area contributed by atoms with Gasteiger partial charge in [0.05, 0.1) is 5.92 Å². The molecular formula is C12H23N3O4. The summed E-state index contributed by atoms with van der Waals surface area (Å²) in [6.45, 7) is 5.34. The van der Waals surface area contributed by atoms with Crippen LogP contribution in [0.4, 0.5) is 4.79 Å². The van der Waals surface area contributed by atoms with Crippen LogP contribution in [0, 0.1) is 5.92 Å². The molecule has 0 aromatic rings. The molecule has 0 rings (SSSR count). The number of nitrogens with zero attached hydrogens (tertiary/aromatic N) is 1. The van der Waals surface area contributed by atoms with E-state index in [0.717, 1.165) is 12.8 Å². The van der Waals surface area contributed by atoms with Crippen LogP contribution in [-0.2, 0) is 9.59 Å².